The Kier molecular flexibility index (Phi) is 4.44. The summed E-state index contributed by atoms with van der Waals surface area (Å²) in [6.07, 6.45) is 4.54. The van der Waals surface area contributed by atoms with Crippen LogP contribution in [0.5, 0.6) is 5.75 Å². The van der Waals surface area contributed by atoms with Gasteiger partial charge in [-0.05, 0) is 49.4 Å². The van der Waals surface area contributed by atoms with Crippen LogP contribution in [0, 0.1) is 0 Å². The Labute approximate surface area is 153 Å². The van der Waals surface area contributed by atoms with E-state index in [0.717, 1.165) is 38.0 Å². The van der Waals surface area contributed by atoms with Crippen LogP contribution in [0.15, 0.2) is 30.5 Å². The molecule has 2 unspecified atom stereocenters. The highest BCUT2D eigenvalue weighted by Crippen LogP contribution is 2.31. The lowest BCUT2D eigenvalue weighted by atomic mass is 10.0. The number of aromatic hydroxyl groups is 1. The molecule has 2 aromatic rings. The standard InChI is InChI=1S/C20H26N4O2/c1-13(2)14-3-5-15(6-4-14)23-12-18(25)19(22-23)20(26)24-16-7-8-17(24)11-21-10-9-16/h3-6,12-13,16-17,21,25H,7-11H2,1-2H3. The first kappa shape index (κ1) is 17.1. The van der Waals surface area contributed by atoms with Crippen molar-refractivity contribution in [3.63, 3.8) is 0 Å². The molecule has 3 heterocycles. The average molecular weight is 354 g/mol. The van der Waals surface area contributed by atoms with Crippen molar-refractivity contribution in [2.75, 3.05) is 13.1 Å². The third-order valence-corrected chi connectivity index (χ3v) is 5.61. The molecule has 2 N–H and O–H groups in total. The van der Waals surface area contributed by atoms with Gasteiger partial charge in [-0.15, -0.1) is 0 Å². The lowest BCUT2D eigenvalue weighted by Gasteiger charge is -2.27. The molecule has 2 atom stereocenters. The highest BCUT2D eigenvalue weighted by atomic mass is 16.3. The third-order valence-electron chi connectivity index (χ3n) is 5.61. The van der Waals surface area contributed by atoms with Crippen molar-refractivity contribution in [1.82, 2.24) is 20.0 Å². The van der Waals surface area contributed by atoms with Gasteiger partial charge in [0.25, 0.3) is 5.91 Å². The number of rotatable bonds is 3. The molecule has 0 spiro atoms. The van der Waals surface area contributed by atoms with E-state index in [9.17, 15) is 9.90 Å². The summed E-state index contributed by atoms with van der Waals surface area (Å²) in [5.41, 5.74) is 2.23. The summed E-state index contributed by atoms with van der Waals surface area (Å²) in [6, 6.07) is 8.50. The van der Waals surface area contributed by atoms with E-state index >= 15 is 0 Å². The third kappa shape index (κ3) is 2.98. The molecule has 2 aliphatic rings. The zero-order valence-corrected chi connectivity index (χ0v) is 15.4. The van der Waals surface area contributed by atoms with E-state index in [0.29, 0.717) is 5.92 Å². The Morgan fingerprint density at radius 1 is 1.19 bits per heavy atom. The van der Waals surface area contributed by atoms with Gasteiger partial charge < -0.3 is 15.3 Å². The molecule has 0 aliphatic carbocycles. The van der Waals surface area contributed by atoms with Crippen LogP contribution in [0.25, 0.3) is 5.69 Å². The summed E-state index contributed by atoms with van der Waals surface area (Å²) in [4.78, 5) is 15.0. The minimum absolute atomic E-state index is 0.0560. The number of aromatic nitrogens is 2. The fourth-order valence-corrected chi connectivity index (χ4v) is 4.10. The van der Waals surface area contributed by atoms with Crippen LogP contribution in [-0.2, 0) is 0 Å². The van der Waals surface area contributed by atoms with Crippen LogP contribution >= 0.6 is 0 Å². The normalized spacial score (nSPS) is 22.7. The van der Waals surface area contributed by atoms with Crippen molar-refractivity contribution < 1.29 is 9.90 Å². The Morgan fingerprint density at radius 2 is 1.92 bits per heavy atom. The first-order valence-corrected chi connectivity index (χ1v) is 9.47. The molecule has 26 heavy (non-hydrogen) atoms. The van der Waals surface area contributed by atoms with Crippen LogP contribution in [0.3, 0.4) is 0 Å². The van der Waals surface area contributed by atoms with Crippen molar-refractivity contribution in [3.05, 3.63) is 41.7 Å². The molecule has 2 aliphatic heterocycles. The van der Waals surface area contributed by atoms with Gasteiger partial charge in [0, 0.05) is 18.6 Å². The smallest absolute Gasteiger partial charge is 0.278 e. The molecule has 2 fully saturated rings. The summed E-state index contributed by atoms with van der Waals surface area (Å²) in [5.74, 6) is 0.245. The van der Waals surface area contributed by atoms with Crippen LogP contribution in [-0.4, -0.2) is 50.9 Å². The molecule has 2 saturated heterocycles. The molecule has 1 amide bonds. The molecule has 4 rings (SSSR count). The molecule has 1 aromatic heterocycles. The van der Waals surface area contributed by atoms with Gasteiger partial charge in [0.2, 0.25) is 0 Å². The van der Waals surface area contributed by atoms with Crippen LogP contribution < -0.4 is 5.32 Å². The summed E-state index contributed by atoms with van der Waals surface area (Å²) in [7, 11) is 0. The van der Waals surface area contributed by atoms with E-state index in [4.69, 9.17) is 0 Å². The van der Waals surface area contributed by atoms with E-state index in [1.165, 1.54) is 11.8 Å². The second kappa shape index (κ2) is 6.76. The molecular formula is C20H26N4O2. The van der Waals surface area contributed by atoms with Gasteiger partial charge in [-0.1, -0.05) is 26.0 Å². The topological polar surface area (TPSA) is 70.4 Å². The van der Waals surface area contributed by atoms with Crippen LogP contribution in [0.1, 0.15) is 55.1 Å². The average Bonchev–Trinajstić information content (AvgIpc) is 3.13. The predicted molar refractivity (Wildman–Crippen MR) is 99.8 cm³/mol. The SMILES string of the molecule is CC(C)c1ccc(-n2cc(O)c(C(=O)N3C4CCNCC3CC4)n2)cc1. The maximum atomic E-state index is 13.1. The lowest BCUT2D eigenvalue weighted by molar-refractivity contribution is 0.0670. The Balaban J connectivity index is 1.61. The van der Waals surface area contributed by atoms with E-state index in [1.54, 1.807) is 4.68 Å². The molecule has 0 radical (unpaired) electrons. The zero-order chi connectivity index (χ0) is 18.3. The Hall–Kier alpha value is -2.34. The summed E-state index contributed by atoms with van der Waals surface area (Å²) < 4.78 is 1.59. The summed E-state index contributed by atoms with van der Waals surface area (Å²) >= 11 is 0. The van der Waals surface area contributed by atoms with Gasteiger partial charge >= 0.3 is 0 Å². The minimum Gasteiger partial charge on any atom is -0.504 e. The highest BCUT2D eigenvalue weighted by Gasteiger charge is 2.40. The molecule has 138 valence electrons. The van der Waals surface area contributed by atoms with Crippen LogP contribution in [0.4, 0.5) is 0 Å². The monoisotopic (exact) mass is 354 g/mol. The van der Waals surface area contributed by atoms with Gasteiger partial charge in [0.15, 0.2) is 11.4 Å². The number of hydrogen-bond donors (Lipinski definition) is 2. The summed E-state index contributed by atoms with van der Waals surface area (Å²) in [6.45, 7) is 6.06. The number of carbonyl (C=O) groups excluding carboxylic acids is 1. The van der Waals surface area contributed by atoms with Crippen molar-refractivity contribution in [3.8, 4) is 11.4 Å². The van der Waals surface area contributed by atoms with E-state index in [-0.39, 0.29) is 29.4 Å². The largest absolute Gasteiger partial charge is 0.504 e. The van der Waals surface area contributed by atoms with Crippen molar-refractivity contribution >= 4 is 5.91 Å². The lowest BCUT2D eigenvalue weighted by Crippen LogP contribution is -2.42. The molecule has 1 aromatic carbocycles. The molecule has 2 bridgehead atoms. The second-order valence-electron chi connectivity index (χ2n) is 7.64. The molecule has 6 heteroatoms. The van der Waals surface area contributed by atoms with Crippen molar-refractivity contribution in [2.45, 2.75) is 51.1 Å². The number of nitrogens with zero attached hydrogens (tertiary/aromatic N) is 3. The van der Waals surface area contributed by atoms with Crippen LogP contribution in [0.2, 0.25) is 0 Å². The first-order chi connectivity index (χ1) is 12.5. The number of fused-ring (bicyclic) bond motifs is 2. The van der Waals surface area contributed by atoms with Gasteiger partial charge in [0.1, 0.15) is 0 Å². The highest BCUT2D eigenvalue weighted by molar-refractivity contribution is 5.95. The number of amides is 1. The van der Waals surface area contributed by atoms with Gasteiger partial charge in [0.05, 0.1) is 11.9 Å². The van der Waals surface area contributed by atoms with Gasteiger partial charge in [-0.25, -0.2) is 4.68 Å². The fourth-order valence-electron chi connectivity index (χ4n) is 4.10. The molecular weight excluding hydrogens is 328 g/mol. The van der Waals surface area contributed by atoms with E-state index in [1.807, 2.05) is 17.0 Å². The fraction of sp³-hybridized carbons (Fsp3) is 0.500. The second-order valence-corrected chi connectivity index (χ2v) is 7.64. The Morgan fingerprint density at radius 3 is 2.65 bits per heavy atom. The minimum atomic E-state index is -0.156. The number of benzene rings is 1. The quantitative estimate of drug-likeness (QED) is 0.889. The van der Waals surface area contributed by atoms with Gasteiger partial charge in [-0.2, -0.15) is 5.10 Å². The van der Waals surface area contributed by atoms with E-state index in [2.05, 4.69) is 36.4 Å². The van der Waals surface area contributed by atoms with Gasteiger partial charge in [-0.3, -0.25) is 4.79 Å². The number of nitrogens with one attached hydrogen (secondary N) is 1. The first-order valence-electron chi connectivity index (χ1n) is 9.47. The molecule has 0 saturated carbocycles. The zero-order valence-electron chi connectivity index (χ0n) is 15.4. The summed E-state index contributed by atoms with van der Waals surface area (Å²) in [5, 5.41) is 18.2. The molecule has 6 nitrogen and oxygen atoms in total. The predicted octanol–water partition coefficient (Wildman–Crippen LogP) is 2.67. The van der Waals surface area contributed by atoms with Crippen molar-refractivity contribution in [2.24, 2.45) is 0 Å². The van der Waals surface area contributed by atoms with E-state index < -0.39 is 0 Å². The maximum absolute atomic E-state index is 13.1. The maximum Gasteiger partial charge on any atom is 0.278 e. The van der Waals surface area contributed by atoms with Crippen molar-refractivity contribution in [1.29, 1.82) is 0 Å². The number of hydrogen-bond acceptors (Lipinski definition) is 4. The number of carbonyl (C=O) groups is 1. The Bertz CT molecular complexity index is 783.